The predicted molar refractivity (Wildman–Crippen MR) is 76.4 cm³/mol. The van der Waals surface area contributed by atoms with E-state index >= 15 is 0 Å². The first-order valence-corrected chi connectivity index (χ1v) is 7.86. The van der Waals surface area contributed by atoms with Gasteiger partial charge in [-0.1, -0.05) is 12.8 Å². The van der Waals surface area contributed by atoms with Gasteiger partial charge >= 0.3 is 5.97 Å². The highest BCUT2D eigenvalue weighted by Crippen LogP contribution is 2.24. The minimum atomic E-state index is -0.663. The predicted octanol–water partition coefficient (Wildman–Crippen LogP) is 2.19. The van der Waals surface area contributed by atoms with Gasteiger partial charge in [0.05, 0.1) is 0 Å². The normalized spacial score (nSPS) is 29.1. The number of carboxylic acid groups (broad SMARTS) is 1. The molecule has 2 rings (SSSR count). The van der Waals surface area contributed by atoms with E-state index in [1.165, 1.54) is 38.9 Å². The van der Waals surface area contributed by atoms with Crippen molar-refractivity contribution in [1.29, 1.82) is 0 Å². The molecular weight excluding hydrogens is 240 g/mol. The minimum Gasteiger partial charge on any atom is -0.481 e. The number of piperazine rings is 1. The number of hydrogen-bond acceptors (Lipinski definition) is 3. The van der Waals surface area contributed by atoms with Gasteiger partial charge in [0.15, 0.2) is 0 Å². The van der Waals surface area contributed by atoms with E-state index in [0.29, 0.717) is 12.5 Å². The van der Waals surface area contributed by atoms with Crippen molar-refractivity contribution in [2.45, 2.75) is 64.0 Å². The van der Waals surface area contributed by atoms with Crippen LogP contribution in [0.1, 0.15) is 51.9 Å². The Morgan fingerprint density at radius 1 is 1.21 bits per heavy atom. The van der Waals surface area contributed by atoms with Crippen LogP contribution in [0, 0.1) is 0 Å². The van der Waals surface area contributed by atoms with E-state index in [1.54, 1.807) is 0 Å². The highest BCUT2D eigenvalue weighted by atomic mass is 16.4. The van der Waals surface area contributed by atoms with Crippen molar-refractivity contribution < 1.29 is 9.90 Å². The molecular formula is C15H28N2O2. The van der Waals surface area contributed by atoms with Gasteiger partial charge in [-0.25, -0.2) is 0 Å². The summed E-state index contributed by atoms with van der Waals surface area (Å²) in [5.74, 6) is -0.663. The first-order chi connectivity index (χ1) is 9.16. The molecule has 2 aliphatic rings. The number of piperidine rings is 1. The maximum absolute atomic E-state index is 10.5. The summed E-state index contributed by atoms with van der Waals surface area (Å²) in [7, 11) is 0. The van der Waals surface area contributed by atoms with Gasteiger partial charge in [-0.05, 0) is 45.7 Å². The largest absolute Gasteiger partial charge is 0.481 e. The van der Waals surface area contributed by atoms with Crippen LogP contribution in [0.15, 0.2) is 0 Å². The molecule has 2 unspecified atom stereocenters. The van der Waals surface area contributed by atoms with E-state index in [2.05, 4.69) is 16.7 Å². The molecule has 0 aromatic carbocycles. The molecule has 0 amide bonds. The Balaban J connectivity index is 1.67. The summed E-state index contributed by atoms with van der Waals surface area (Å²) < 4.78 is 0. The fourth-order valence-corrected chi connectivity index (χ4v) is 3.49. The van der Waals surface area contributed by atoms with Crippen molar-refractivity contribution in [3.05, 3.63) is 0 Å². The van der Waals surface area contributed by atoms with Gasteiger partial charge in [0.2, 0.25) is 0 Å². The number of rotatable bonds is 6. The second kappa shape index (κ2) is 7.25. The summed E-state index contributed by atoms with van der Waals surface area (Å²) in [6.45, 7) is 7.22. The van der Waals surface area contributed by atoms with Crippen LogP contribution in [-0.2, 0) is 4.79 Å². The number of unbranched alkanes of at least 4 members (excludes halogenated alkanes) is 2. The van der Waals surface area contributed by atoms with Crippen LogP contribution in [0.5, 0.6) is 0 Å². The summed E-state index contributed by atoms with van der Waals surface area (Å²) >= 11 is 0. The van der Waals surface area contributed by atoms with Crippen molar-refractivity contribution in [2.75, 3.05) is 26.2 Å². The molecule has 110 valence electrons. The third-order valence-electron chi connectivity index (χ3n) is 4.65. The molecule has 2 aliphatic heterocycles. The molecule has 0 saturated carbocycles. The topological polar surface area (TPSA) is 43.8 Å². The lowest BCUT2D eigenvalue weighted by Crippen LogP contribution is -2.58. The standard InChI is InChI=1S/C15H28N2O2/c1-13-11-17-10-6-4-7-14(17)12-16(13)9-5-2-3-8-15(18)19/h13-14H,2-12H2,1H3,(H,18,19). The van der Waals surface area contributed by atoms with Crippen LogP contribution in [-0.4, -0.2) is 59.1 Å². The first-order valence-electron chi connectivity index (χ1n) is 7.86. The highest BCUT2D eigenvalue weighted by molar-refractivity contribution is 5.66. The van der Waals surface area contributed by atoms with E-state index < -0.39 is 5.97 Å². The quantitative estimate of drug-likeness (QED) is 0.750. The van der Waals surface area contributed by atoms with Crippen LogP contribution in [0.3, 0.4) is 0 Å². The van der Waals surface area contributed by atoms with Crippen molar-refractivity contribution in [3.63, 3.8) is 0 Å². The fraction of sp³-hybridized carbons (Fsp3) is 0.933. The second-order valence-corrected chi connectivity index (χ2v) is 6.19. The van der Waals surface area contributed by atoms with E-state index in [4.69, 9.17) is 5.11 Å². The lowest BCUT2D eigenvalue weighted by molar-refractivity contribution is -0.137. The Bertz CT molecular complexity index is 296. The molecule has 2 atom stereocenters. The van der Waals surface area contributed by atoms with Gasteiger partial charge in [0.25, 0.3) is 0 Å². The lowest BCUT2D eigenvalue weighted by Gasteiger charge is -2.47. The molecule has 0 aliphatic carbocycles. The molecule has 0 bridgehead atoms. The zero-order valence-electron chi connectivity index (χ0n) is 12.2. The zero-order valence-corrected chi connectivity index (χ0v) is 12.2. The molecule has 4 heteroatoms. The van der Waals surface area contributed by atoms with E-state index in [-0.39, 0.29) is 0 Å². The van der Waals surface area contributed by atoms with Gasteiger partial charge in [-0.2, -0.15) is 0 Å². The SMILES string of the molecule is CC1CN2CCCCC2CN1CCCCCC(=O)O. The summed E-state index contributed by atoms with van der Waals surface area (Å²) in [6.07, 6.45) is 7.47. The number of carbonyl (C=O) groups is 1. The van der Waals surface area contributed by atoms with Crippen molar-refractivity contribution in [3.8, 4) is 0 Å². The summed E-state index contributed by atoms with van der Waals surface area (Å²) in [4.78, 5) is 15.8. The van der Waals surface area contributed by atoms with Gasteiger partial charge in [-0.15, -0.1) is 0 Å². The Morgan fingerprint density at radius 3 is 2.84 bits per heavy atom. The van der Waals surface area contributed by atoms with Crippen molar-refractivity contribution in [1.82, 2.24) is 9.80 Å². The Morgan fingerprint density at radius 2 is 2.05 bits per heavy atom. The van der Waals surface area contributed by atoms with E-state index in [1.807, 2.05) is 0 Å². The highest BCUT2D eigenvalue weighted by Gasteiger charge is 2.32. The van der Waals surface area contributed by atoms with Gasteiger partial charge in [-0.3, -0.25) is 14.6 Å². The Labute approximate surface area is 116 Å². The molecule has 19 heavy (non-hydrogen) atoms. The van der Waals surface area contributed by atoms with E-state index in [0.717, 1.165) is 31.8 Å². The monoisotopic (exact) mass is 268 g/mol. The third kappa shape index (κ3) is 4.46. The van der Waals surface area contributed by atoms with Crippen LogP contribution < -0.4 is 0 Å². The number of aliphatic carboxylic acids is 1. The number of fused-ring (bicyclic) bond motifs is 1. The molecule has 4 nitrogen and oxygen atoms in total. The lowest BCUT2D eigenvalue weighted by atomic mass is 9.97. The van der Waals surface area contributed by atoms with Crippen LogP contribution >= 0.6 is 0 Å². The van der Waals surface area contributed by atoms with Crippen molar-refractivity contribution >= 4 is 5.97 Å². The van der Waals surface area contributed by atoms with Crippen LogP contribution in [0.4, 0.5) is 0 Å². The average Bonchev–Trinajstić information content (AvgIpc) is 2.38. The fourth-order valence-electron chi connectivity index (χ4n) is 3.49. The van der Waals surface area contributed by atoms with E-state index in [9.17, 15) is 4.79 Å². The summed E-state index contributed by atoms with van der Waals surface area (Å²) in [5.41, 5.74) is 0. The van der Waals surface area contributed by atoms with Crippen LogP contribution in [0.2, 0.25) is 0 Å². The van der Waals surface area contributed by atoms with Gasteiger partial charge < -0.3 is 5.11 Å². The Hall–Kier alpha value is -0.610. The average molecular weight is 268 g/mol. The molecule has 2 fully saturated rings. The zero-order chi connectivity index (χ0) is 13.7. The molecule has 2 heterocycles. The Kier molecular flexibility index (Phi) is 5.64. The minimum absolute atomic E-state index is 0.325. The van der Waals surface area contributed by atoms with Crippen LogP contribution in [0.25, 0.3) is 0 Å². The molecule has 0 spiro atoms. The maximum atomic E-state index is 10.5. The third-order valence-corrected chi connectivity index (χ3v) is 4.65. The number of nitrogens with zero attached hydrogens (tertiary/aromatic N) is 2. The molecule has 1 N–H and O–H groups in total. The van der Waals surface area contributed by atoms with Gasteiger partial charge in [0.1, 0.15) is 0 Å². The molecule has 0 radical (unpaired) electrons. The molecule has 2 saturated heterocycles. The second-order valence-electron chi connectivity index (χ2n) is 6.19. The summed E-state index contributed by atoms with van der Waals surface area (Å²) in [6, 6.07) is 1.44. The molecule has 0 aromatic rings. The number of carboxylic acids is 1. The maximum Gasteiger partial charge on any atom is 0.303 e. The first kappa shape index (κ1) is 14.8. The molecule has 0 aromatic heterocycles. The summed E-state index contributed by atoms with van der Waals surface area (Å²) in [5, 5.41) is 8.62. The van der Waals surface area contributed by atoms with Crippen molar-refractivity contribution in [2.24, 2.45) is 0 Å². The number of hydrogen-bond donors (Lipinski definition) is 1. The smallest absolute Gasteiger partial charge is 0.303 e. The van der Waals surface area contributed by atoms with Gasteiger partial charge in [0, 0.05) is 31.6 Å².